The Balaban J connectivity index is 2.23. The molecule has 0 radical (unpaired) electrons. The van der Waals surface area contributed by atoms with E-state index in [2.05, 4.69) is 4.98 Å². The Labute approximate surface area is 136 Å². The summed E-state index contributed by atoms with van der Waals surface area (Å²) in [6.45, 7) is 5.58. The number of methoxy groups -OCH3 is 1. The molecular weight excluding hydrogens is 292 g/mol. The molecule has 0 atom stereocenters. The van der Waals surface area contributed by atoms with Crippen LogP contribution >= 0.6 is 0 Å². The molecule has 2 rings (SSSR count). The van der Waals surface area contributed by atoms with Crippen LogP contribution in [-0.4, -0.2) is 35.7 Å². The van der Waals surface area contributed by atoms with E-state index in [1.165, 1.54) is 6.92 Å². The molecule has 0 spiro atoms. The van der Waals surface area contributed by atoms with Gasteiger partial charge in [0, 0.05) is 24.8 Å². The third-order valence-electron chi connectivity index (χ3n) is 3.90. The van der Waals surface area contributed by atoms with Gasteiger partial charge in [0.2, 0.25) is 0 Å². The summed E-state index contributed by atoms with van der Waals surface area (Å²) in [6.07, 6.45) is 0. The number of hydrogen-bond acceptors (Lipinski definition) is 3. The van der Waals surface area contributed by atoms with E-state index < -0.39 is 0 Å². The van der Waals surface area contributed by atoms with Gasteiger partial charge in [0.1, 0.15) is 11.4 Å². The number of rotatable bonds is 5. The minimum Gasteiger partial charge on any atom is -0.497 e. The van der Waals surface area contributed by atoms with Gasteiger partial charge >= 0.3 is 0 Å². The average Bonchev–Trinajstić information content (AvgIpc) is 2.81. The molecule has 1 amide bonds. The maximum absolute atomic E-state index is 12.7. The van der Waals surface area contributed by atoms with Crippen molar-refractivity contribution < 1.29 is 14.3 Å². The van der Waals surface area contributed by atoms with Gasteiger partial charge < -0.3 is 14.6 Å². The predicted molar refractivity (Wildman–Crippen MR) is 89.1 cm³/mol. The first-order valence-electron chi connectivity index (χ1n) is 7.43. The van der Waals surface area contributed by atoms with Gasteiger partial charge in [-0.1, -0.05) is 12.1 Å². The van der Waals surface area contributed by atoms with Gasteiger partial charge in [-0.2, -0.15) is 0 Å². The molecule has 0 aliphatic heterocycles. The van der Waals surface area contributed by atoms with Crippen LogP contribution in [0, 0.1) is 13.8 Å². The van der Waals surface area contributed by atoms with Crippen LogP contribution in [0.15, 0.2) is 24.3 Å². The van der Waals surface area contributed by atoms with Crippen molar-refractivity contribution >= 4 is 11.7 Å². The van der Waals surface area contributed by atoms with E-state index in [0.717, 1.165) is 17.0 Å². The molecule has 0 saturated heterocycles. The van der Waals surface area contributed by atoms with Crippen LogP contribution < -0.4 is 4.74 Å². The van der Waals surface area contributed by atoms with E-state index in [-0.39, 0.29) is 11.7 Å². The lowest BCUT2D eigenvalue weighted by Gasteiger charge is -2.17. The number of aryl methyl sites for hydroxylation is 1. The van der Waals surface area contributed by atoms with Crippen LogP contribution in [0.4, 0.5) is 0 Å². The number of aromatic nitrogens is 1. The van der Waals surface area contributed by atoms with Gasteiger partial charge in [-0.3, -0.25) is 9.59 Å². The molecule has 122 valence electrons. The fraction of sp³-hybridized carbons (Fsp3) is 0.333. The SMILES string of the molecule is COc1cccc(CN(C)C(=O)c2[nH]c(C)c(C(C)=O)c2C)c1. The first-order valence-corrected chi connectivity index (χ1v) is 7.43. The van der Waals surface area contributed by atoms with Crippen molar-refractivity contribution in [2.45, 2.75) is 27.3 Å². The zero-order valence-corrected chi connectivity index (χ0v) is 14.2. The van der Waals surface area contributed by atoms with E-state index in [9.17, 15) is 9.59 Å². The number of amides is 1. The summed E-state index contributed by atoms with van der Waals surface area (Å²) in [6, 6.07) is 7.60. The normalized spacial score (nSPS) is 10.5. The molecular formula is C18H22N2O3. The monoisotopic (exact) mass is 314 g/mol. The van der Waals surface area contributed by atoms with Gasteiger partial charge in [0.15, 0.2) is 5.78 Å². The molecule has 0 aliphatic carbocycles. The summed E-state index contributed by atoms with van der Waals surface area (Å²) in [5, 5.41) is 0. The smallest absolute Gasteiger partial charge is 0.270 e. The minimum atomic E-state index is -0.138. The van der Waals surface area contributed by atoms with Gasteiger partial charge in [-0.15, -0.1) is 0 Å². The second kappa shape index (κ2) is 6.69. The molecule has 2 aromatic rings. The Morgan fingerprint density at radius 2 is 1.96 bits per heavy atom. The molecule has 1 N–H and O–H groups in total. The van der Waals surface area contributed by atoms with Crippen molar-refractivity contribution in [3.05, 3.63) is 52.3 Å². The lowest BCUT2D eigenvalue weighted by Crippen LogP contribution is -2.27. The van der Waals surface area contributed by atoms with Crippen LogP contribution in [-0.2, 0) is 6.54 Å². The minimum absolute atomic E-state index is 0.0363. The molecule has 0 bridgehead atoms. The van der Waals surface area contributed by atoms with Crippen LogP contribution in [0.25, 0.3) is 0 Å². The number of carbonyl (C=O) groups excluding carboxylic acids is 2. The zero-order chi connectivity index (χ0) is 17.1. The number of H-pyrrole nitrogens is 1. The van der Waals surface area contributed by atoms with Gasteiger partial charge in [-0.25, -0.2) is 0 Å². The number of benzene rings is 1. The number of Topliss-reactive ketones (excluding diaryl/α,β-unsaturated/α-hetero) is 1. The number of nitrogens with zero attached hydrogens (tertiary/aromatic N) is 1. The summed E-state index contributed by atoms with van der Waals surface area (Å²) in [4.78, 5) is 29.0. The summed E-state index contributed by atoms with van der Waals surface area (Å²) < 4.78 is 5.20. The third-order valence-corrected chi connectivity index (χ3v) is 3.90. The number of aromatic amines is 1. The van der Waals surface area contributed by atoms with Crippen molar-refractivity contribution in [3.8, 4) is 5.75 Å². The number of hydrogen-bond donors (Lipinski definition) is 1. The van der Waals surface area contributed by atoms with Crippen molar-refractivity contribution in [2.24, 2.45) is 0 Å². The molecule has 0 unspecified atom stereocenters. The van der Waals surface area contributed by atoms with Crippen molar-refractivity contribution in [1.29, 1.82) is 0 Å². The molecule has 0 aliphatic rings. The van der Waals surface area contributed by atoms with Gasteiger partial charge in [-0.05, 0) is 44.0 Å². The van der Waals surface area contributed by atoms with Gasteiger partial charge in [0.25, 0.3) is 5.91 Å². The molecule has 1 heterocycles. The largest absolute Gasteiger partial charge is 0.497 e. The quantitative estimate of drug-likeness (QED) is 0.863. The van der Waals surface area contributed by atoms with E-state index in [0.29, 0.717) is 23.4 Å². The van der Waals surface area contributed by atoms with Crippen LogP contribution in [0.3, 0.4) is 0 Å². The second-order valence-electron chi connectivity index (χ2n) is 5.69. The highest BCUT2D eigenvalue weighted by molar-refractivity contribution is 6.02. The summed E-state index contributed by atoms with van der Waals surface area (Å²) >= 11 is 0. The second-order valence-corrected chi connectivity index (χ2v) is 5.69. The summed E-state index contributed by atoms with van der Waals surface area (Å²) in [7, 11) is 3.35. The number of carbonyl (C=O) groups is 2. The molecule has 23 heavy (non-hydrogen) atoms. The molecule has 5 nitrogen and oxygen atoms in total. The Hall–Kier alpha value is -2.56. The number of nitrogens with one attached hydrogen (secondary N) is 1. The molecule has 0 saturated carbocycles. The van der Waals surface area contributed by atoms with Crippen molar-refractivity contribution in [1.82, 2.24) is 9.88 Å². The van der Waals surface area contributed by atoms with Gasteiger partial charge in [0.05, 0.1) is 7.11 Å². The van der Waals surface area contributed by atoms with Crippen molar-refractivity contribution in [2.75, 3.05) is 14.2 Å². The topological polar surface area (TPSA) is 62.4 Å². The fourth-order valence-corrected chi connectivity index (χ4v) is 2.80. The fourth-order valence-electron chi connectivity index (χ4n) is 2.80. The number of ketones is 1. The van der Waals surface area contributed by atoms with E-state index >= 15 is 0 Å². The van der Waals surface area contributed by atoms with Crippen LogP contribution in [0.1, 0.15) is 44.6 Å². The summed E-state index contributed by atoms with van der Waals surface area (Å²) in [5.74, 6) is 0.584. The average molecular weight is 314 g/mol. The van der Waals surface area contributed by atoms with E-state index in [1.807, 2.05) is 31.2 Å². The lowest BCUT2D eigenvalue weighted by molar-refractivity contribution is 0.0779. The van der Waals surface area contributed by atoms with E-state index in [4.69, 9.17) is 4.74 Å². The first-order chi connectivity index (χ1) is 10.8. The third kappa shape index (κ3) is 3.44. The predicted octanol–water partition coefficient (Wildman–Crippen LogP) is 3.11. The highest BCUT2D eigenvalue weighted by atomic mass is 16.5. The standard InChI is InChI=1S/C18H22N2O3/c1-11-16(13(3)21)12(2)19-17(11)18(22)20(4)10-14-7-6-8-15(9-14)23-5/h6-9,19H,10H2,1-5H3. The molecule has 0 fully saturated rings. The van der Waals surface area contributed by atoms with Crippen molar-refractivity contribution in [3.63, 3.8) is 0 Å². The molecule has 1 aromatic carbocycles. The number of ether oxygens (including phenoxy) is 1. The maximum atomic E-state index is 12.7. The maximum Gasteiger partial charge on any atom is 0.270 e. The Kier molecular flexibility index (Phi) is 4.89. The van der Waals surface area contributed by atoms with E-state index in [1.54, 1.807) is 26.0 Å². The molecule has 5 heteroatoms. The lowest BCUT2D eigenvalue weighted by atomic mass is 10.1. The highest BCUT2D eigenvalue weighted by Gasteiger charge is 2.22. The zero-order valence-electron chi connectivity index (χ0n) is 14.2. The van der Waals surface area contributed by atoms with Crippen LogP contribution in [0.5, 0.6) is 5.75 Å². The first kappa shape index (κ1) is 16.8. The Bertz CT molecular complexity index is 747. The Morgan fingerprint density at radius 1 is 1.26 bits per heavy atom. The highest BCUT2D eigenvalue weighted by Crippen LogP contribution is 2.21. The Morgan fingerprint density at radius 3 is 2.52 bits per heavy atom. The van der Waals surface area contributed by atoms with Crippen LogP contribution in [0.2, 0.25) is 0 Å². The summed E-state index contributed by atoms with van der Waals surface area (Å²) in [5.41, 5.74) is 3.49. The molecule has 1 aromatic heterocycles.